The fraction of sp³-hybridized carbons (Fsp3) is 0.111. The van der Waals surface area contributed by atoms with E-state index in [9.17, 15) is 13.6 Å². The lowest BCUT2D eigenvalue weighted by atomic mass is 10.1. The highest BCUT2D eigenvalue weighted by Crippen LogP contribution is 2.22. The summed E-state index contributed by atoms with van der Waals surface area (Å²) in [5.41, 5.74) is 0.985. The molecule has 0 unspecified atom stereocenters. The number of benzene rings is 2. The molecule has 120 valence electrons. The lowest BCUT2D eigenvalue weighted by molar-refractivity contribution is -0.117. The van der Waals surface area contributed by atoms with Crippen LogP contribution in [0.5, 0.6) is 0 Å². The van der Waals surface area contributed by atoms with Crippen molar-refractivity contribution in [3.8, 4) is 12.3 Å². The summed E-state index contributed by atoms with van der Waals surface area (Å²) in [7, 11) is 0. The van der Waals surface area contributed by atoms with Gasteiger partial charge in [-0.2, -0.15) is 4.99 Å². The molecule has 0 atom stereocenters. The van der Waals surface area contributed by atoms with Crippen LogP contribution in [0, 0.1) is 24.0 Å². The maximum Gasteiger partial charge on any atom is 0.252 e. The number of terminal acetylenes is 1. The molecule has 6 heteroatoms. The van der Waals surface area contributed by atoms with E-state index in [-0.39, 0.29) is 29.2 Å². The number of hydrogen-bond acceptors (Lipinski definition) is 2. The average Bonchev–Trinajstić information content (AvgIpc) is 2.86. The topological polar surface area (TPSA) is 34.4 Å². The first-order valence-electron chi connectivity index (χ1n) is 7.12. The molecule has 1 heterocycles. The second-order valence-corrected chi connectivity index (χ2v) is 6.09. The molecule has 3 aromatic rings. The third-order valence-electron chi connectivity index (χ3n) is 3.36. The van der Waals surface area contributed by atoms with Crippen LogP contribution in [-0.4, -0.2) is 10.5 Å². The standard InChI is InChI=1S/C18H12F2N2OS/c1-2-8-22-17-14(20)10-13(19)11-15(17)24-18(22)21-16(23)9-12-6-4-3-5-7-12/h1,3-7,10-11H,8-9H2. The molecule has 0 aliphatic carbocycles. The maximum atomic E-state index is 14.1. The number of carbonyl (C=O) groups excluding carboxylic acids is 1. The minimum atomic E-state index is -0.728. The highest BCUT2D eigenvalue weighted by Gasteiger charge is 2.13. The molecule has 0 bridgehead atoms. The molecular weight excluding hydrogens is 330 g/mol. The number of aromatic nitrogens is 1. The van der Waals surface area contributed by atoms with Crippen LogP contribution in [0.3, 0.4) is 0 Å². The van der Waals surface area contributed by atoms with E-state index in [0.29, 0.717) is 4.70 Å². The molecule has 24 heavy (non-hydrogen) atoms. The van der Waals surface area contributed by atoms with E-state index in [1.54, 1.807) is 0 Å². The Morgan fingerprint density at radius 3 is 2.71 bits per heavy atom. The summed E-state index contributed by atoms with van der Waals surface area (Å²) in [5, 5.41) is 0. The van der Waals surface area contributed by atoms with Crippen molar-refractivity contribution in [3.63, 3.8) is 0 Å². The Labute approximate surface area is 140 Å². The van der Waals surface area contributed by atoms with Gasteiger partial charge in [0.2, 0.25) is 0 Å². The van der Waals surface area contributed by atoms with Crippen molar-refractivity contribution >= 4 is 27.5 Å². The molecule has 0 radical (unpaired) electrons. The molecule has 0 aliphatic rings. The zero-order chi connectivity index (χ0) is 17.1. The third-order valence-corrected chi connectivity index (χ3v) is 4.39. The predicted octanol–water partition coefficient (Wildman–Crippen LogP) is 3.28. The van der Waals surface area contributed by atoms with Gasteiger partial charge in [-0.05, 0) is 11.6 Å². The van der Waals surface area contributed by atoms with E-state index in [1.807, 2.05) is 30.3 Å². The van der Waals surface area contributed by atoms with Crippen LogP contribution in [0.25, 0.3) is 10.2 Å². The second kappa shape index (κ2) is 6.77. The number of nitrogens with zero attached hydrogens (tertiary/aromatic N) is 2. The summed E-state index contributed by atoms with van der Waals surface area (Å²) < 4.78 is 29.2. The van der Waals surface area contributed by atoms with Gasteiger partial charge in [0.25, 0.3) is 5.91 Å². The van der Waals surface area contributed by atoms with E-state index >= 15 is 0 Å². The Kier molecular flexibility index (Phi) is 4.54. The summed E-state index contributed by atoms with van der Waals surface area (Å²) in [5.74, 6) is 0.618. The molecule has 0 saturated heterocycles. The van der Waals surface area contributed by atoms with Crippen LogP contribution >= 0.6 is 11.3 Å². The Hall–Kier alpha value is -2.78. The summed E-state index contributed by atoms with van der Waals surface area (Å²) >= 11 is 1.03. The van der Waals surface area contributed by atoms with E-state index in [1.165, 1.54) is 10.6 Å². The van der Waals surface area contributed by atoms with Crippen LogP contribution < -0.4 is 4.80 Å². The van der Waals surface area contributed by atoms with Crippen molar-refractivity contribution in [2.75, 3.05) is 0 Å². The molecule has 0 spiro atoms. The van der Waals surface area contributed by atoms with Crippen molar-refractivity contribution in [2.45, 2.75) is 13.0 Å². The molecule has 0 fully saturated rings. The Morgan fingerprint density at radius 2 is 2.00 bits per heavy atom. The van der Waals surface area contributed by atoms with Crippen LogP contribution in [-0.2, 0) is 17.8 Å². The van der Waals surface area contributed by atoms with Gasteiger partial charge >= 0.3 is 0 Å². The fourth-order valence-electron chi connectivity index (χ4n) is 2.37. The molecule has 2 aromatic carbocycles. The Balaban J connectivity index is 2.08. The van der Waals surface area contributed by atoms with Crippen molar-refractivity contribution in [1.29, 1.82) is 0 Å². The minimum Gasteiger partial charge on any atom is -0.302 e. The number of fused-ring (bicyclic) bond motifs is 1. The second-order valence-electron chi connectivity index (χ2n) is 5.08. The summed E-state index contributed by atoms with van der Waals surface area (Å²) in [6.07, 6.45) is 5.45. The quantitative estimate of drug-likeness (QED) is 0.673. The molecule has 0 N–H and O–H groups in total. The van der Waals surface area contributed by atoms with E-state index in [4.69, 9.17) is 6.42 Å². The van der Waals surface area contributed by atoms with E-state index < -0.39 is 11.6 Å². The van der Waals surface area contributed by atoms with Gasteiger partial charge in [-0.1, -0.05) is 47.6 Å². The summed E-state index contributed by atoms with van der Waals surface area (Å²) in [6, 6.07) is 11.2. The molecular formula is C18H12F2N2OS. The zero-order valence-electron chi connectivity index (χ0n) is 12.5. The van der Waals surface area contributed by atoms with Gasteiger partial charge in [0, 0.05) is 6.07 Å². The van der Waals surface area contributed by atoms with Crippen molar-refractivity contribution in [2.24, 2.45) is 4.99 Å². The summed E-state index contributed by atoms with van der Waals surface area (Å²) in [4.78, 5) is 16.5. The van der Waals surface area contributed by atoms with Crippen molar-refractivity contribution < 1.29 is 13.6 Å². The lowest BCUT2D eigenvalue weighted by Gasteiger charge is -2.01. The molecule has 3 nitrogen and oxygen atoms in total. The normalized spacial score (nSPS) is 11.6. The Bertz CT molecular complexity index is 1010. The van der Waals surface area contributed by atoms with Crippen LogP contribution in [0.15, 0.2) is 47.5 Å². The SMILES string of the molecule is C#CCn1c(=NC(=O)Cc2ccccc2)sc2cc(F)cc(F)c21. The highest BCUT2D eigenvalue weighted by atomic mass is 32.1. The molecule has 1 aromatic heterocycles. The number of halogens is 2. The number of rotatable bonds is 3. The fourth-order valence-corrected chi connectivity index (χ4v) is 3.46. The van der Waals surface area contributed by atoms with Crippen LogP contribution in [0.2, 0.25) is 0 Å². The first kappa shape index (κ1) is 16.1. The van der Waals surface area contributed by atoms with Crippen molar-refractivity contribution in [1.82, 2.24) is 4.57 Å². The van der Waals surface area contributed by atoms with Gasteiger partial charge in [0.05, 0.1) is 23.2 Å². The zero-order valence-corrected chi connectivity index (χ0v) is 13.3. The largest absolute Gasteiger partial charge is 0.302 e. The smallest absolute Gasteiger partial charge is 0.252 e. The third kappa shape index (κ3) is 3.26. The Morgan fingerprint density at radius 1 is 1.25 bits per heavy atom. The molecule has 0 saturated carbocycles. The van der Waals surface area contributed by atoms with Crippen LogP contribution in [0.4, 0.5) is 8.78 Å². The first-order valence-corrected chi connectivity index (χ1v) is 7.93. The van der Waals surface area contributed by atoms with Gasteiger partial charge in [0.1, 0.15) is 5.82 Å². The number of hydrogen-bond donors (Lipinski definition) is 0. The summed E-state index contributed by atoms with van der Waals surface area (Å²) in [6.45, 7) is 0.0417. The molecule has 0 aliphatic heterocycles. The molecule has 1 amide bonds. The highest BCUT2D eigenvalue weighted by molar-refractivity contribution is 7.16. The van der Waals surface area contributed by atoms with Gasteiger partial charge < -0.3 is 4.57 Å². The van der Waals surface area contributed by atoms with E-state index in [0.717, 1.165) is 23.0 Å². The number of amides is 1. The number of carbonyl (C=O) groups is 1. The van der Waals surface area contributed by atoms with Gasteiger partial charge in [-0.15, -0.1) is 6.42 Å². The van der Waals surface area contributed by atoms with Crippen molar-refractivity contribution in [3.05, 3.63) is 64.5 Å². The van der Waals surface area contributed by atoms with Gasteiger partial charge in [0.15, 0.2) is 10.6 Å². The monoisotopic (exact) mass is 342 g/mol. The average molecular weight is 342 g/mol. The predicted molar refractivity (Wildman–Crippen MR) is 89.3 cm³/mol. The van der Waals surface area contributed by atoms with Gasteiger partial charge in [-0.3, -0.25) is 4.79 Å². The first-order chi connectivity index (χ1) is 11.6. The maximum absolute atomic E-state index is 14.1. The molecule has 3 rings (SSSR count). The minimum absolute atomic E-state index is 0.0417. The lowest BCUT2D eigenvalue weighted by Crippen LogP contribution is -2.17. The number of thiazole rings is 1. The van der Waals surface area contributed by atoms with E-state index in [2.05, 4.69) is 10.9 Å². The van der Waals surface area contributed by atoms with Crippen LogP contribution in [0.1, 0.15) is 5.56 Å². The van der Waals surface area contributed by atoms with Gasteiger partial charge in [-0.25, -0.2) is 8.78 Å².